The zero-order valence-electron chi connectivity index (χ0n) is 25.7. The van der Waals surface area contributed by atoms with Gasteiger partial charge in [-0.2, -0.15) is 0 Å². The molecule has 1 radical (unpaired) electrons. The average Bonchev–Trinajstić information content (AvgIpc) is 3.80. The molecule has 5 heterocycles. The standard InChI is InChI=1S/C33H33ClFN7O3.K/c34-26-15-23(8-9-27(26)35)28-18-41(17-24-7-4-12-42(24)33(44)45-19-21-5-2-1-3-6-21)31(38-28)22-10-13-40(14-11-22)32-25-16-29(43)39-30(25)36-20-37-32;/h1-3,5-6,8-9,15,18,20,22,24H,4,7,10-14,16-17,19H2,(H,36,37,39,43);/t24-;/m1./s1. The number of benzene rings is 2. The number of fused-ring (bicyclic) bond motifs is 1. The van der Waals surface area contributed by atoms with Crippen molar-refractivity contribution in [3.63, 3.8) is 0 Å². The van der Waals surface area contributed by atoms with Gasteiger partial charge in [0.15, 0.2) is 0 Å². The van der Waals surface area contributed by atoms with Gasteiger partial charge < -0.3 is 24.4 Å². The van der Waals surface area contributed by atoms with Crippen LogP contribution < -0.4 is 10.2 Å². The summed E-state index contributed by atoms with van der Waals surface area (Å²) in [5.74, 6) is 1.93. The van der Waals surface area contributed by atoms with Crippen LogP contribution in [0.3, 0.4) is 0 Å². The van der Waals surface area contributed by atoms with Gasteiger partial charge in [0.05, 0.1) is 23.2 Å². The number of carbonyl (C=O) groups excluding carboxylic acids is 2. The van der Waals surface area contributed by atoms with Gasteiger partial charge in [0.25, 0.3) is 0 Å². The van der Waals surface area contributed by atoms with Crippen molar-refractivity contribution in [2.75, 3.05) is 29.9 Å². The normalized spacial score (nSPS) is 17.9. The van der Waals surface area contributed by atoms with Crippen LogP contribution >= 0.6 is 11.6 Å². The Balaban J connectivity index is 0.00000372. The molecule has 2 amide bonds. The van der Waals surface area contributed by atoms with Gasteiger partial charge >= 0.3 is 6.09 Å². The van der Waals surface area contributed by atoms with E-state index in [1.165, 1.54) is 12.4 Å². The van der Waals surface area contributed by atoms with E-state index in [2.05, 4.69) is 24.8 Å². The summed E-state index contributed by atoms with van der Waals surface area (Å²) in [6.07, 6.45) is 6.87. The summed E-state index contributed by atoms with van der Waals surface area (Å²) in [6, 6.07) is 14.3. The van der Waals surface area contributed by atoms with Gasteiger partial charge in [-0.25, -0.2) is 24.1 Å². The van der Waals surface area contributed by atoms with E-state index in [4.69, 9.17) is 21.3 Å². The minimum atomic E-state index is -0.476. The Labute approximate surface area is 314 Å². The summed E-state index contributed by atoms with van der Waals surface area (Å²) in [5.41, 5.74) is 3.24. The molecule has 0 aliphatic carbocycles. The van der Waals surface area contributed by atoms with Gasteiger partial charge in [0.1, 0.15) is 36.2 Å². The molecule has 1 atom stereocenters. The van der Waals surface area contributed by atoms with Gasteiger partial charge in [-0.3, -0.25) is 4.79 Å². The molecule has 0 unspecified atom stereocenters. The van der Waals surface area contributed by atoms with E-state index >= 15 is 0 Å². The summed E-state index contributed by atoms with van der Waals surface area (Å²) in [6.45, 7) is 2.93. The predicted molar refractivity (Wildman–Crippen MR) is 173 cm³/mol. The molecular weight excluding hydrogens is 636 g/mol. The first-order valence-corrected chi connectivity index (χ1v) is 15.7. The molecular formula is C33H33ClFKN7O3. The van der Waals surface area contributed by atoms with E-state index in [1.807, 2.05) is 41.4 Å². The van der Waals surface area contributed by atoms with Gasteiger partial charge in [0, 0.05) is 101 Å². The number of imidazole rings is 1. The summed E-state index contributed by atoms with van der Waals surface area (Å²) in [5, 5.41) is 2.85. The van der Waals surface area contributed by atoms with Crippen molar-refractivity contribution in [3.8, 4) is 11.3 Å². The number of carbonyl (C=O) groups is 2. The molecule has 1 N–H and O–H groups in total. The maximum Gasteiger partial charge on any atom is 0.410 e. The number of anilines is 2. The Morgan fingerprint density at radius 1 is 1.07 bits per heavy atom. The number of halogens is 2. The number of ether oxygens (including phenoxy) is 1. The summed E-state index contributed by atoms with van der Waals surface area (Å²) in [4.78, 5) is 43.0. The quantitative estimate of drug-likeness (QED) is 0.262. The minimum absolute atomic E-state index is 0. The van der Waals surface area contributed by atoms with Crippen LogP contribution in [0.2, 0.25) is 5.02 Å². The maximum atomic E-state index is 14.0. The first-order chi connectivity index (χ1) is 21.9. The number of amides is 2. The van der Waals surface area contributed by atoms with Crippen LogP contribution in [0.4, 0.5) is 20.8 Å². The van der Waals surface area contributed by atoms with Crippen molar-refractivity contribution in [1.29, 1.82) is 0 Å². The van der Waals surface area contributed by atoms with Gasteiger partial charge in [0.2, 0.25) is 5.91 Å². The number of rotatable bonds is 7. The van der Waals surface area contributed by atoms with Crippen LogP contribution in [0.25, 0.3) is 11.3 Å². The second-order valence-corrected chi connectivity index (χ2v) is 12.2. The molecule has 0 spiro atoms. The van der Waals surface area contributed by atoms with Gasteiger partial charge in [-0.15, -0.1) is 0 Å². The van der Waals surface area contributed by atoms with E-state index in [0.29, 0.717) is 24.6 Å². The van der Waals surface area contributed by atoms with Crippen molar-refractivity contribution in [2.45, 2.75) is 57.2 Å². The Kier molecular flexibility index (Phi) is 10.4. The molecule has 3 aliphatic rings. The molecule has 10 nitrogen and oxygen atoms in total. The fourth-order valence-electron chi connectivity index (χ4n) is 6.62. The SMILES string of the molecule is O=C1Cc2c(ncnc2N2CCC(c3nc(-c4ccc(F)c(Cl)c4)cn3C[C@H]3CCCN3C(=O)OCc3ccccc3)CC2)N1.[K]. The zero-order valence-corrected chi connectivity index (χ0v) is 29.5. The Morgan fingerprint density at radius 3 is 2.65 bits per heavy atom. The van der Waals surface area contributed by atoms with Crippen LogP contribution in [0.15, 0.2) is 61.1 Å². The fraction of sp³-hybridized carbons (Fsp3) is 0.364. The minimum Gasteiger partial charge on any atom is -0.445 e. The van der Waals surface area contributed by atoms with Crippen LogP contribution in [0.1, 0.15) is 48.6 Å². The van der Waals surface area contributed by atoms with E-state index in [-0.39, 0.29) is 93.4 Å². The van der Waals surface area contributed by atoms with E-state index in [0.717, 1.165) is 67.1 Å². The Hall–Kier alpha value is -2.87. The first-order valence-electron chi connectivity index (χ1n) is 15.3. The van der Waals surface area contributed by atoms with E-state index in [9.17, 15) is 14.0 Å². The third kappa shape index (κ3) is 7.02. The molecule has 2 aromatic carbocycles. The maximum absolute atomic E-state index is 14.0. The number of nitrogens with one attached hydrogen (secondary N) is 1. The number of piperidine rings is 1. The zero-order chi connectivity index (χ0) is 30.9. The molecule has 46 heavy (non-hydrogen) atoms. The number of nitrogens with zero attached hydrogens (tertiary/aromatic N) is 6. The van der Waals surface area contributed by atoms with E-state index < -0.39 is 5.82 Å². The third-order valence-electron chi connectivity index (χ3n) is 8.92. The molecule has 7 rings (SSSR count). The van der Waals surface area contributed by atoms with Crippen LogP contribution in [-0.2, 0) is 29.1 Å². The third-order valence-corrected chi connectivity index (χ3v) is 9.21. The second-order valence-electron chi connectivity index (χ2n) is 11.8. The van der Waals surface area contributed by atoms with Crippen LogP contribution in [0, 0.1) is 5.82 Å². The molecule has 233 valence electrons. The monoisotopic (exact) mass is 668 g/mol. The molecule has 13 heteroatoms. The van der Waals surface area contributed by atoms with Gasteiger partial charge in [-0.1, -0.05) is 41.9 Å². The van der Waals surface area contributed by atoms with Crippen molar-refractivity contribution >= 4 is 86.6 Å². The summed E-state index contributed by atoms with van der Waals surface area (Å²) < 4.78 is 21.8. The van der Waals surface area contributed by atoms with Gasteiger partial charge in [-0.05, 0) is 49.4 Å². The molecule has 2 fully saturated rings. The molecule has 0 bridgehead atoms. The van der Waals surface area contributed by atoms with Crippen molar-refractivity contribution < 1.29 is 18.7 Å². The average molecular weight is 669 g/mol. The van der Waals surface area contributed by atoms with Crippen molar-refractivity contribution in [3.05, 3.63) is 88.8 Å². The summed E-state index contributed by atoms with van der Waals surface area (Å²) >= 11 is 6.14. The van der Waals surface area contributed by atoms with Crippen molar-refractivity contribution in [2.24, 2.45) is 0 Å². The Bertz CT molecular complexity index is 1730. The predicted octanol–water partition coefficient (Wildman–Crippen LogP) is 5.43. The Morgan fingerprint density at radius 2 is 1.87 bits per heavy atom. The summed E-state index contributed by atoms with van der Waals surface area (Å²) in [7, 11) is 0. The number of aromatic nitrogens is 4. The number of likely N-dealkylation sites (tertiary alicyclic amines) is 1. The van der Waals surface area contributed by atoms with E-state index in [1.54, 1.807) is 12.1 Å². The first kappa shape index (κ1) is 33.0. The smallest absolute Gasteiger partial charge is 0.410 e. The molecule has 3 aliphatic heterocycles. The fourth-order valence-corrected chi connectivity index (χ4v) is 6.80. The molecule has 2 saturated heterocycles. The second kappa shape index (κ2) is 14.5. The molecule has 0 saturated carbocycles. The van der Waals surface area contributed by atoms with Crippen LogP contribution in [0.5, 0.6) is 0 Å². The largest absolute Gasteiger partial charge is 0.445 e. The topological polar surface area (TPSA) is 105 Å². The number of hydrogen-bond donors (Lipinski definition) is 1. The van der Waals surface area contributed by atoms with Crippen LogP contribution in [-0.4, -0.2) is 113 Å². The van der Waals surface area contributed by atoms with Crippen molar-refractivity contribution in [1.82, 2.24) is 24.4 Å². The molecule has 2 aromatic heterocycles. The molecule has 4 aromatic rings. The number of hydrogen-bond acceptors (Lipinski definition) is 7.